The van der Waals surface area contributed by atoms with Crippen LogP contribution in [0.2, 0.25) is 5.02 Å². The molecule has 1 aromatic carbocycles. The number of carbonyl (C=O) groups excluding carboxylic acids is 1. The number of benzene rings is 1. The van der Waals surface area contributed by atoms with Gasteiger partial charge in [-0.3, -0.25) is 4.79 Å². The molecule has 1 N–H and O–H groups in total. The van der Waals surface area contributed by atoms with Gasteiger partial charge in [0.15, 0.2) is 10.4 Å². The smallest absolute Gasteiger partial charge is 0.416 e. The van der Waals surface area contributed by atoms with Crippen molar-refractivity contribution in [3.8, 4) is 0 Å². The van der Waals surface area contributed by atoms with Gasteiger partial charge in [-0.1, -0.05) is 11.6 Å². The van der Waals surface area contributed by atoms with Crippen molar-refractivity contribution in [2.45, 2.75) is 6.18 Å². The zero-order chi connectivity index (χ0) is 14.9. The van der Waals surface area contributed by atoms with Crippen molar-refractivity contribution in [2.24, 2.45) is 0 Å². The summed E-state index contributed by atoms with van der Waals surface area (Å²) in [6.45, 7) is 0. The van der Waals surface area contributed by atoms with Gasteiger partial charge < -0.3 is 9.73 Å². The number of alkyl halides is 3. The van der Waals surface area contributed by atoms with Gasteiger partial charge in [0.25, 0.3) is 5.91 Å². The summed E-state index contributed by atoms with van der Waals surface area (Å²) in [4.78, 5) is 11.8. The molecule has 0 fully saturated rings. The summed E-state index contributed by atoms with van der Waals surface area (Å²) in [7, 11) is 0. The van der Waals surface area contributed by atoms with E-state index >= 15 is 0 Å². The Morgan fingerprint density at radius 1 is 1.25 bits per heavy atom. The van der Waals surface area contributed by atoms with Gasteiger partial charge in [0.2, 0.25) is 0 Å². The summed E-state index contributed by atoms with van der Waals surface area (Å²) in [5.41, 5.74) is -0.821. The standard InChI is InChI=1S/C12H6BrClF3NO2/c13-10-4-3-9(20-10)11(19)18-8-2-1-6(5-7(8)14)12(15,16)17/h1-5H,(H,18,19). The Hall–Kier alpha value is -1.47. The van der Waals surface area contributed by atoms with E-state index in [9.17, 15) is 18.0 Å². The van der Waals surface area contributed by atoms with Gasteiger partial charge in [0, 0.05) is 0 Å². The van der Waals surface area contributed by atoms with E-state index in [0.29, 0.717) is 4.67 Å². The van der Waals surface area contributed by atoms with Crippen LogP contribution < -0.4 is 5.32 Å². The molecule has 0 saturated carbocycles. The molecule has 0 spiro atoms. The predicted octanol–water partition coefficient (Wildman–Crippen LogP) is 4.97. The Balaban J connectivity index is 2.20. The van der Waals surface area contributed by atoms with Crippen LogP contribution in [0.5, 0.6) is 0 Å². The van der Waals surface area contributed by atoms with Crippen LogP contribution in [0, 0.1) is 0 Å². The first-order valence-corrected chi connectivity index (χ1v) is 6.38. The fraction of sp³-hybridized carbons (Fsp3) is 0.0833. The van der Waals surface area contributed by atoms with Crippen molar-refractivity contribution in [1.29, 1.82) is 0 Å². The van der Waals surface area contributed by atoms with Crippen LogP contribution in [-0.4, -0.2) is 5.91 Å². The average Bonchev–Trinajstić information content (AvgIpc) is 2.77. The molecule has 0 bridgehead atoms. The molecule has 0 aliphatic heterocycles. The van der Waals surface area contributed by atoms with Crippen molar-refractivity contribution in [3.63, 3.8) is 0 Å². The molecular formula is C12H6BrClF3NO2. The van der Waals surface area contributed by atoms with Gasteiger partial charge in [-0.2, -0.15) is 13.2 Å². The van der Waals surface area contributed by atoms with E-state index in [-0.39, 0.29) is 16.5 Å². The van der Waals surface area contributed by atoms with E-state index in [1.807, 2.05) is 0 Å². The fourth-order valence-corrected chi connectivity index (χ4v) is 1.95. The second-order valence-corrected chi connectivity index (χ2v) is 4.94. The first kappa shape index (κ1) is 14.9. The van der Waals surface area contributed by atoms with Gasteiger partial charge in [-0.15, -0.1) is 0 Å². The van der Waals surface area contributed by atoms with Gasteiger partial charge in [-0.25, -0.2) is 0 Å². The summed E-state index contributed by atoms with van der Waals surface area (Å²) < 4.78 is 42.8. The van der Waals surface area contributed by atoms with E-state index < -0.39 is 17.6 Å². The Bertz CT molecular complexity index is 654. The summed E-state index contributed by atoms with van der Waals surface area (Å²) in [5.74, 6) is -0.606. The number of hydrogen-bond donors (Lipinski definition) is 1. The van der Waals surface area contributed by atoms with Crippen LogP contribution >= 0.6 is 27.5 Å². The van der Waals surface area contributed by atoms with Gasteiger partial charge in [0.1, 0.15) is 0 Å². The lowest BCUT2D eigenvalue weighted by atomic mass is 10.2. The highest BCUT2D eigenvalue weighted by molar-refractivity contribution is 9.10. The molecule has 106 valence electrons. The second-order valence-electron chi connectivity index (χ2n) is 3.75. The fourth-order valence-electron chi connectivity index (χ4n) is 1.41. The number of carbonyl (C=O) groups is 1. The normalized spacial score (nSPS) is 11.4. The van der Waals surface area contributed by atoms with Crippen LogP contribution in [0.3, 0.4) is 0 Å². The lowest BCUT2D eigenvalue weighted by Gasteiger charge is -2.10. The monoisotopic (exact) mass is 367 g/mol. The molecule has 2 aromatic rings. The molecule has 1 aromatic heterocycles. The van der Waals surface area contributed by atoms with Crippen molar-refractivity contribution in [3.05, 3.63) is 51.3 Å². The zero-order valence-electron chi connectivity index (χ0n) is 9.59. The predicted molar refractivity (Wildman–Crippen MR) is 70.8 cm³/mol. The largest absolute Gasteiger partial charge is 0.444 e. The molecule has 0 aliphatic carbocycles. The Kier molecular flexibility index (Phi) is 4.10. The van der Waals surface area contributed by atoms with Crippen molar-refractivity contribution < 1.29 is 22.4 Å². The maximum atomic E-state index is 12.5. The highest BCUT2D eigenvalue weighted by atomic mass is 79.9. The number of halogens is 5. The van der Waals surface area contributed by atoms with E-state index in [1.165, 1.54) is 12.1 Å². The number of nitrogens with one attached hydrogen (secondary N) is 1. The minimum Gasteiger partial charge on any atom is -0.444 e. The van der Waals surface area contributed by atoms with Crippen LogP contribution in [0.15, 0.2) is 39.4 Å². The SMILES string of the molecule is O=C(Nc1ccc(C(F)(F)F)cc1Cl)c1ccc(Br)o1. The summed E-state index contributed by atoms with van der Waals surface area (Å²) in [6, 6.07) is 5.59. The Labute approximate surface area is 124 Å². The Morgan fingerprint density at radius 3 is 2.45 bits per heavy atom. The highest BCUT2D eigenvalue weighted by Crippen LogP contribution is 2.33. The number of amides is 1. The summed E-state index contributed by atoms with van der Waals surface area (Å²) in [5, 5.41) is 2.16. The zero-order valence-corrected chi connectivity index (χ0v) is 11.9. The Morgan fingerprint density at radius 2 is 1.95 bits per heavy atom. The first-order chi connectivity index (χ1) is 9.27. The van der Waals surface area contributed by atoms with Gasteiger partial charge >= 0.3 is 6.18 Å². The molecule has 0 unspecified atom stereocenters. The van der Waals surface area contributed by atoms with Crippen molar-refractivity contribution in [1.82, 2.24) is 0 Å². The molecular weight excluding hydrogens is 362 g/mol. The molecule has 1 heterocycles. The van der Waals surface area contributed by atoms with Crippen LogP contribution in [-0.2, 0) is 6.18 Å². The average molecular weight is 369 g/mol. The van der Waals surface area contributed by atoms with Gasteiger partial charge in [-0.05, 0) is 46.3 Å². The van der Waals surface area contributed by atoms with Crippen molar-refractivity contribution >= 4 is 39.1 Å². The molecule has 0 atom stereocenters. The first-order valence-electron chi connectivity index (χ1n) is 5.21. The van der Waals surface area contributed by atoms with Crippen LogP contribution in [0.1, 0.15) is 16.1 Å². The number of hydrogen-bond acceptors (Lipinski definition) is 2. The number of rotatable bonds is 2. The van der Waals surface area contributed by atoms with Crippen molar-refractivity contribution in [2.75, 3.05) is 5.32 Å². The molecule has 2 rings (SSSR count). The maximum absolute atomic E-state index is 12.5. The molecule has 0 saturated heterocycles. The number of anilines is 1. The van der Waals surface area contributed by atoms with E-state index in [1.54, 1.807) is 0 Å². The molecule has 3 nitrogen and oxygen atoms in total. The van der Waals surface area contributed by atoms with E-state index in [2.05, 4.69) is 21.2 Å². The molecule has 8 heteroatoms. The summed E-state index contributed by atoms with van der Waals surface area (Å²) in [6.07, 6.45) is -4.49. The molecule has 1 amide bonds. The number of furan rings is 1. The third-order valence-corrected chi connectivity index (χ3v) is 3.08. The third-order valence-electron chi connectivity index (χ3n) is 2.34. The van der Waals surface area contributed by atoms with Crippen LogP contribution in [0.4, 0.5) is 18.9 Å². The molecule has 20 heavy (non-hydrogen) atoms. The second kappa shape index (κ2) is 5.49. The third kappa shape index (κ3) is 3.34. The quantitative estimate of drug-likeness (QED) is 0.813. The molecule has 0 radical (unpaired) electrons. The minimum absolute atomic E-state index is 0.00726. The molecule has 0 aliphatic rings. The van der Waals surface area contributed by atoms with E-state index in [4.69, 9.17) is 16.0 Å². The topological polar surface area (TPSA) is 42.2 Å². The minimum atomic E-state index is -4.49. The highest BCUT2D eigenvalue weighted by Gasteiger charge is 2.31. The van der Waals surface area contributed by atoms with Crippen LogP contribution in [0.25, 0.3) is 0 Å². The van der Waals surface area contributed by atoms with E-state index in [0.717, 1.165) is 18.2 Å². The maximum Gasteiger partial charge on any atom is 0.416 e. The van der Waals surface area contributed by atoms with Gasteiger partial charge in [0.05, 0.1) is 16.3 Å². The lowest BCUT2D eigenvalue weighted by molar-refractivity contribution is -0.137. The lowest BCUT2D eigenvalue weighted by Crippen LogP contribution is -2.12. The summed E-state index contributed by atoms with van der Waals surface area (Å²) >= 11 is 8.75.